The van der Waals surface area contributed by atoms with E-state index in [0.29, 0.717) is 42.0 Å². The van der Waals surface area contributed by atoms with Crippen molar-refractivity contribution in [2.45, 2.75) is 19.3 Å². The van der Waals surface area contributed by atoms with Crippen LogP contribution in [-0.2, 0) is 4.74 Å². The third-order valence-corrected chi connectivity index (χ3v) is 6.56. The van der Waals surface area contributed by atoms with Crippen molar-refractivity contribution in [1.29, 1.82) is 0 Å². The molecule has 3 fully saturated rings. The zero-order chi connectivity index (χ0) is 16.9. The highest BCUT2D eigenvalue weighted by molar-refractivity contribution is 5.93. The molecule has 25 heavy (non-hydrogen) atoms. The lowest BCUT2D eigenvalue weighted by Crippen LogP contribution is -2.37. The van der Waals surface area contributed by atoms with E-state index in [2.05, 4.69) is 32.3 Å². The monoisotopic (exact) mass is 340 g/mol. The molecule has 0 aromatic carbocycles. The number of anilines is 1. The molecule has 0 unspecified atom stereocenters. The Kier molecular flexibility index (Phi) is 3.55. The van der Waals surface area contributed by atoms with Crippen LogP contribution in [0, 0.1) is 23.2 Å². The van der Waals surface area contributed by atoms with Crippen molar-refractivity contribution in [1.82, 2.24) is 15.3 Å². The molecule has 3 aliphatic carbocycles. The fraction of sp³-hybridized carbons (Fsp3) is 0.632. The number of allylic oxidation sites excluding steroid dienone is 2. The second-order valence-electron chi connectivity index (χ2n) is 7.83. The Hall–Kier alpha value is -1.95. The summed E-state index contributed by atoms with van der Waals surface area (Å²) < 4.78 is 5.34. The van der Waals surface area contributed by atoms with Crippen molar-refractivity contribution >= 4 is 11.9 Å². The van der Waals surface area contributed by atoms with Crippen molar-refractivity contribution in [2.24, 2.45) is 23.2 Å². The summed E-state index contributed by atoms with van der Waals surface area (Å²) in [4.78, 5) is 23.2. The minimum absolute atomic E-state index is 0.0647. The third-order valence-electron chi connectivity index (χ3n) is 6.56. The molecule has 6 heteroatoms. The Morgan fingerprint density at radius 1 is 1.24 bits per heavy atom. The van der Waals surface area contributed by atoms with Gasteiger partial charge >= 0.3 is 0 Å². The van der Waals surface area contributed by atoms with Gasteiger partial charge in [0.25, 0.3) is 5.91 Å². The largest absolute Gasteiger partial charge is 0.378 e. The zero-order valence-corrected chi connectivity index (χ0v) is 14.4. The first-order valence-corrected chi connectivity index (χ1v) is 9.37. The van der Waals surface area contributed by atoms with Crippen LogP contribution in [0.3, 0.4) is 0 Å². The minimum Gasteiger partial charge on any atom is -0.378 e. The number of hydrogen-bond donors (Lipinski definition) is 1. The Bertz CT molecular complexity index is 692. The maximum Gasteiger partial charge on any atom is 0.254 e. The molecule has 5 rings (SSSR count). The molecule has 2 heterocycles. The smallest absolute Gasteiger partial charge is 0.254 e. The highest BCUT2D eigenvalue weighted by Gasteiger charge is 2.62. The van der Waals surface area contributed by atoms with Gasteiger partial charge in [0.1, 0.15) is 0 Å². The average Bonchev–Trinajstić information content (AvgIpc) is 3.34. The molecule has 132 valence electrons. The molecule has 4 aliphatic rings. The molecule has 2 saturated carbocycles. The summed E-state index contributed by atoms with van der Waals surface area (Å²) >= 11 is 0. The lowest BCUT2D eigenvalue weighted by molar-refractivity contribution is 0.0943. The lowest BCUT2D eigenvalue weighted by Gasteiger charge is -2.26. The number of carbonyl (C=O) groups is 1. The predicted octanol–water partition coefficient (Wildman–Crippen LogP) is 1.65. The SMILES string of the molecule is O=C(NC[C@H]1C[C@H]2C=C[C@H]1C21CC1)c1cnc(N2CCOCC2)nc1. The van der Waals surface area contributed by atoms with Crippen LogP contribution < -0.4 is 10.2 Å². The van der Waals surface area contributed by atoms with Crippen molar-refractivity contribution in [2.75, 3.05) is 37.7 Å². The topological polar surface area (TPSA) is 67.4 Å². The van der Waals surface area contributed by atoms with Gasteiger partial charge < -0.3 is 15.0 Å². The molecular weight excluding hydrogens is 316 g/mol. The van der Waals surface area contributed by atoms with Crippen molar-refractivity contribution in [3.8, 4) is 0 Å². The standard InChI is InChI=1S/C19H24N4O2/c24-17(14-11-21-18(22-12-14)23-5-7-25-8-6-23)20-10-13-9-15-1-2-16(13)19(15)3-4-19/h1-2,11-13,15-16H,3-10H2,(H,20,24)/t13-,15-,16-/m1/s1. The number of rotatable bonds is 4. The van der Waals surface area contributed by atoms with Crippen LogP contribution >= 0.6 is 0 Å². The van der Waals surface area contributed by atoms with Gasteiger partial charge in [0.2, 0.25) is 5.95 Å². The first kappa shape index (κ1) is 15.3. The Labute approximate surface area is 147 Å². The Morgan fingerprint density at radius 2 is 2.00 bits per heavy atom. The van der Waals surface area contributed by atoms with E-state index in [-0.39, 0.29) is 5.91 Å². The fourth-order valence-corrected chi connectivity index (χ4v) is 5.05. The number of ether oxygens (including phenoxy) is 1. The highest BCUT2D eigenvalue weighted by atomic mass is 16.5. The van der Waals surface area contributed by atoms with Crippen molar-refractivity contribution < 1.29 is 9.53 Å². The predicted molar refractivity (Wildman–Crippen MR) is 93.3 cm³/mol. The number of nitrogens with one attached hydrogen (secondary N) is 1. The van der Waals surface area contributed by atoms with Gasteiger partial charge in [0.05, 0.1) is 18.8 Å². The molecular formula is C19H24N4O2. The molecule has 1 N–H and O–H groups in total. The molecule has 6 nitrogen and oxygen atoms in total. The van der Waals surface area contributed by atoms with E-state index in [9.17, 15) is 4.79 Å². The summed E-state index contributed by atoms with van der Waals surface area (Å²) in [7, 11) is 0. The van der Waals surface area contributed by atoms with Gasteiger partial charge in [0.15, 0.2) is 0 Å². The molecule has 3 atom stereocenters. The molecule has 1 spiro atoms. The summed E-state index contributed by atoms with van der Waals surface area (Å²) in [6.45, 7) is 3.75. The summed E-state index contributed by atoms with van der Waals surface area (Å²) in [6, 6.07) is 0. The number of carbonyl (C=O) groups excluding carboxylic acids is 1. The van der Waals surface area contributed by atoms with Gasteiger partial charge in [-0.1, -0.05) is 12.2 Å². The van der Waals surface area contributed by atoms with Gasteiger partial charge in [-0.25, -0.2) is 9.97 Å². The quantitative estimate of drug-likeness (QED) is 0.844. The number of aromatic nitrogens is 2. The maximum absolute atomic E-state index is 12.4. The molecule has 1 aromatic heterocycles. The first-order chi connectivity index (χ1) is 12.3. The van der Waals surface area contributed by atoms with Crippen LogP contribution in [0.5, 0.6) is 0 Å². The van der Waals surface area contributed by atoms with Gasteiger partial charge in [-0.15, -0.1) is 0 Å². The Morgan fingerprint density at radius 3 is 2.68 bits per heavy atom. The zero-order valence-electron chi connectivity index (χ0n) is 14.4. The van der Waals surface area contributed by atoms with Crippen LogP contribution in [-0.4, -0.2) is 48.7 Å². The lowest BCUT2D eigenvalue weighted by atomic mass is 9.89. The molecule has 2 bridgehead atoms. The van der Waals surface area contributed by atoms with Crippen molar-refractivity contribution in [3.63, 3.8) is 0 Å². The summed E-state index contributed by atoms with van der Waals surface area (Å²) in [5.41, 5.74) is 1.12. The number of amides is 1. The van der Waals surface area contributed by atoms with E-state index in [0.717, 1.165) is 25.6 Å². The van der Waals surface area contributed by atoms with Crippen LogP contribution in [0.15, 0.2) is 24.5 Å². The normalized spacial score (nSPS) is 31.5. The van der Waals surface area contributed by atoms with E-state index >= 15 is 0 Å². The molecule has 1 aromatic rings. The number of morpholine rings is 1. The highest BCUT2D eigenvalue weighted by Crippen LogP contribution is 2.69. The molecule has 1 amide bonds. The second kappa shape index (κ2) is 5.80. The van der Waals surface area contributed by atoms with Gasteiger partial charge in [-0.3, -0.25) is 4.79 Å². The van der Waals surface area contributed by atoms with Crippen molar-refractivity contribution in [3.05, 3.63) is 30.1 Å². The third kappa shape index (κ3) is 2.54. The first-order valence-electron chi connectivity index (χ1n) is 9.37. The van der Waals surface area contributed by atoms with E-state index in [4.69, 9.17) is 4.74 Å². The van der Waals surface area contributed by atoms with Crippen LogP contribution in [0.4, 0.5) is 5.95 Å². The average molecular weight is 340 g/mol. The number of hydrogen-bond acceptors (Lipinski definition) is 5. The number of nitrogens with zero attached hydrogens (tertiary/aromatic N) is 3. The van der Waals surface area contributed by atoms with E-state index in [1.165, 1.54) is 19.3 Å². The summed E-state index contributed by atoms with van der Waals surface area (Å²) in [6.07, 6.45) is 12.1. The van der Waals surface area contributed by atoms with E-state index < -0.39 is 0 Å². The molecule has 1 saturated heterocycles. The van der Waals surface area contributed by atoms with Gasteiger partial charge in [0, 0.05) is 32.0 Å². The molecule has 0 radical (unpaired) electrons. The summed E-state index contributed by atoms with van der Waals surface area (Å²) in [5.74, 6) is 2.64. The van der Waals surface area contributed by atoms with E-state index in [1.54, 1.807) is 12.4 Å². The second-order valence-corrected chi connectivity index (χ2v) is 7.83. The fourth-order valence-electron chi connectivity index (χ4n) is 5.05. The van der Waals surface area contributed by atoms with Gasteiger partial charge in [-0.05, 0) is 42.4 Å². The summed E-state index contributed by atoms with van der Waals surface area (Å²) in [5, 5.41) is 3.10. The van der Waals surface area contributed by atoms with Crippen LogP contribution in [0.2, 0.25) is 0 Å². The maximum atomic E-state index is 12.4. The molecule has 1 aliphatic heterocycles. The van der Waals surface area contributed by atoms with Crippen LogP contribution in [0.25, 0.3) is 0 Å². The Balaban J connectivity index is 1.18. The minimum atomic E-state index is -0.0647. The van der Waals surface area contributed by atoms with Crippen LogP contribution in [0.1, 0.15) is 29.6 Å². The van der Waals surface area contributed by atoms with Gasteiger partial charge in [-0.2, -0.15) is 0 Å². The van der Waals surface area contributed by atoms with E-state index in [1.807, 2.05) is 0 Å².